The van der Waals surface area contributed by atoms with Gasteiger partial charge in [-0.25, -0.2) is 9.59 Å². The van der Waals surface area contributed by atoms with Crippen molar-refractivity contribution in [3.05, 3.63) is 82.6 Å². The molecule has 12 heteroatoms. The molecule has 2 fully saturated rings. The fraction of sp³-hybridized carbons (Fsp3) is 0.412. The van der Waals surface area contributed by atoms with E-state index in [-0.39, 0.29) is 24.0 Å². The summed E-state index contributed by atoms with van der Waals surface area (Å²) < 4.78 is 0. The van der Waals surface area contributed by atoms with E-state index in [1.807, 2.05) is 59.2 Å². The summed E-state index contributed by atoms with van der Waals surface area (Å²) in [5.41, 5.74) is 11.3. The van der Waals surface area contributed by atoms with Gasteiger partial charge in [0.05, 0.1) is 10.7 Å². The summed E-state index contributed by atoms with van der Waals surface area (Å²) in [5, 5.41) is 6.54. The van der Waals surface area contributed by atoms with E-state index in [0.717, 1.165) is 34.5 Å². The Hall–Kier alpha value is -4.51. The number of hydrogen-bond acceptors (Lipinski definition) is 6. The van der Waals surface area contributed by atoms with Crippen molar-refractivity contribution in [2.45, 2.75) is 44.7 Å². The average molecular weight is 645 g/mol. The predicted octanol–water partition coefficient (Wildman–Crippen LogP) is 4.15. The van der Waals surface area contributed by atoms with Gasteiger partial charge in [-0.15, -0.1) is 0 Å². The Bertz CT molecular complexity index is 1550. The number of hydrogen-bond donors (Lipinski definition) is 3. The molecule has 2 saturated heterocycles. The molecule has 0 radical (unpaired) electrons. The topological polar surface area (TPSA) is 127 Å². The fourth-order valence-electron chi connectivity index (χ4n) is 6.70. The molecule has 3 aliphatic rings. The first-order chi connectivity index (χ1) is 22.3. The zero-order valence-electron chi connectivity index (χ0n) is 26.1. The number of fused-ring (bicyclic) bond motifs is 1. The van der Waals surface area contributed by atoms with E-state index in [1.54, 1.807) is 23.4 Å². The third-order valence-electron chi connectivity index (χ3n) is 9.39. The zero-order valence-corrected chi connectivity index (χ0v) is 26.9. The number of piperidine rings is 1. The number of piperazine rings is 1. The van der Waals surface area contributed by atoms with Crippen molar-refractivity contribution in [1.82, 2.24) is 25.0 Å². The first kappa shape index (κ1) is 31.5. The van der Waals surface area contributed by atoms with Crippen LogP contribution < -0.4 is 21.3 Å². The maximum Gasteiger partial charge on any atom is 0.322 e. The van der Waals surface area contributed by atoms with E-state index in [4.69, 9.17) is 17.3 Å². The highest BCUT2D eigenvalue weighted by Gasteiger charge is 2.34. The Labute approximate surface area is 274 Å². The molecule has 0 bridgehead atoms. The van der Waals surface area contributed by atoms with Crippen LogP contribution in [0.2, 0.25) is 5.02 Å². The van der Waals surface area contributed by atoms with E-state index < -0.39 is 6.04 Å². The molecule has 0 unspecified atom stereocenters. The molecule has 0 saturated carbocycles. The molecule has 4 N–H and O–H groups in total. The number of nitrogens with one attached hydrogen (secondary N) is 2. The highest BCUT2D eigenvalue weighted by atomic mass is 35.5. The number of anilines is 3. The summed E-state index contributed by atoms with van der Waals surface area (Å²) in [6.45, 7) is 5.96. The number of aromatic nitrogens is 1. The molecule has 1 atom stereocenters. The number of halogens is 1. The number of urea groups is 2. The number of carbonyl (C=O) groups is 3. The second-order valence-electron chi connectivity index (χ2n) is 12.3. The van der Waals surface area contributed by atoms with Gasteiger partial charge in [0, 0.05) is 82.0 Å². The number of likely N-dealkylation sites (tertiary alicyclic amines) is 1. The normalized spacial score (nSPS) is 18.0. The molecule has 1 aromatic heterocycles. The second-order valence-corrected chi connectivity index (χ2v) is 12.7. The number of nitrogens with zero attached hydrogens (tertiary/aromatic N) is 5. The third kappa shape index (κ3) is 6.99. The highest BCUT2D eigenvalue weighted by molar-refractivity contribution is 6.33. The lowest BCUT2D eigenvalue weighted by Crippen LogP contribution is -2.58. The van der Waals surface area contributed by atoms with Gasteiger partial charge in [-0.05, 0) is 67.1 Å². The van der Waals surface area contributed by atoms with Crippen molar-refractivity contribution in [2.24, 2.45) is 0 Å². The summed E-state index contributed by atoms with van der Waals surface area (Å²) in [5.74, 6) is -0.121. The third-order valence-corrected chi connectivity index (χ3v) is 9.70. The van der Waals surface area contributed by atoms with E-state index in [9.17, 15) is 14.4 Å². The number of carbonyl (C=O) groups excluding carboxylic acids is 3. The van der Waals surface area contributed by atoms with Crippen molar-refractivity contribution in [3.63, 3.8) is 0 Å². The van der Waals surface area contributed by atoms with Crippen LogP contribution in [0.4, 0.5) is 26.7 Å². The maximum atomic E-state index is 14.0. The van der Waals surface area contributed by atoms with Crippen molar-refractivity contribution in [3.8, 4) is 0 Å². The van der Waals surface area contributed by atoms with Gasteiger partial charge in [0.25, 0.3) is 0 Å². The molecule has 5 amide bonds. The lowest BCUT2D eigenvalue weighted by atomic mass is 10.0. The molecule has 2 aromatic carbocycles. The van der Waals surface area contributed by atoms with Crippen molar-refractivity contribution in [2.75, 3.05) is 61.8 Å². The molecule has 11 nitrogen and oxygen atoms in total. The van der Waals surface area contributed by atoms with Gasteiger partial charge in [-0.2, -0.15) is 0 Å². The number of aryl methyl sites for hydroxylation is 1. The van der Waals surface area contributed by atoms with Gasteiger partial charge in [0.15, 0.2) is 0 Å². The second kappa shape index (κ2) is 13.9. The van der Waals surface area contributed by atoms with Gasteiger partial charge >= 0.3 is 12.1 Å². The van der Waals surface area contributed by atoms with Crippen LogP contribution >= 0.6 is 11.6 Å². The Kier molecular flexibility index (Phi) is 9.48. The van der Waals surface area contributed by atoms with Crippen LogP contribution in [0.25, 0.3) is 0 Å². The molecule has 0 spiro atoms. The van der Waals surface area contributed by atoms with Gasteiger partial charge in [0.1, 0.15) is 6.04 Å². The molecular weight excluding hydrogens is 604 g/mol. The van der Waals surface area contributed by atoms with Gasteiger partial charge < -0.3 is 36.0 Å². The minimum atomic E-state index is -0.772. The summed E-state index contributed by atoms with van der Waals surface area (Å²) in [7, 11) is 0. The first-order valence-corrected chi connectivity index (χ1v) is 16.3. The number of rotatable bonds is 6. The van der Waals surface area contributed by atoms with Gasteiger partial charge in [0.2, 0.25) is 5.91 Å². The Morgan fingerprint density at radius 1 is 1.00 bits per heavy atom. The highest BCUT2D eigenvalue weighted by Crippen LogP contribution is 2.27. The minimum Gasteiger partial charge on any atom is -0.397 e. The SMILES string of the molecule is Cc1cc(C[C@@H](NC(=O)N2CCC(N3CCc4ccccc4NC3=O)CC2)C(=O)N2CCN(c3ccncc3)CC2)cc(Cl)c1N. The molecule has 3 aliphatic heterocycles. The molecule has 46 heavy (non-hydrogen) atoms. The summed E-state index contributed by atoms with van der Waals surface area (Å²) in [6, 6.07) is 14.4. The van der Waals surface area contributed by atoms with Crippen molar-refractivity contribution < 1.29 is 14.4 Å². The van der Waals surface area contributed by atoms with Crippen LogP contribution in [0.1, 0.15) is 29.5 Å². The predicted molar refractivity (Wildman–Crippen MR) is 180 cm³/mol. The minimum absolute atomic E-state index is 0.0346. The summed E-state index contributed by atoms with van der Waals surface area (Å²) >= 11 is 6.40. The average Bonchev–Trinajstić information content (AvgIpc) is 3.25. The quantitative estimate of drug-likeness (QED) is 0.346. The Morgan fingerprint density at radius 3 is 2.43 bits per heavy atom. The molecule has 3 aromatic rings. The monoisotopic (exact) mass is 644 g/mol. The van der Waals surface area contributed by atoms with Crippen molar-refractivity contribution >= 4 is 46.6 Å². The fourth-order valence-corrected chi connectivity index (χ4v) is 6.99. The van der Waals surface area contributed by atoms with Crippen LogP contribution in [0.5, 0.6) is 0 Å². The van der Waals surface area contributed by atoms with Crippen LogP contribution in [0, 0.1) is 6.92 Å². The molecule has 6 rings (SSSR count). The van der Waals surface area contributed by atoms with Gasteiger partial charge in [-0.3, -0.25) is 9.78 Å². The molecule has 242 valence electrons. The van der Waals surface area contributed by atoms with Crippen LogP contribution in [-0.2, 0) is 17.6 Å². The van der Waals surface area contributed by atoms with E-state index in [2.05, 4.69) is 20.5 Å². The lowest BCUT2D eigenvalue weighted by Gasteiger charge is -2.39. The summed E-state index contributed by atoms with van der Waals surface area (Å²) in [4.78, 5) is 52.5. The number of nitrogens with two attached hydrogens (primary N) is 1. The van der Waals surface area contributed by atoms with Crippen LogP contribution in [0.15, 0.2) is 60.9 Å². The summed E-state index contributed by atoms with van der Waals surface area (Å²) in [6.07, 6.45) is 5.94. The van der Waals surface area contributed by atoms with E-state index in [1.165, 1.54) is 0 Å². The number of benzene rings is 2. The first-order valence-electron chi connectivity index (χ1n) is 16.0. The molecule has 4 heterocycles. The zero-order chi connectivity index (χ0) is 32.2. The standard InChI is InChI=1S/C34H41ClN8O3/c1-23-20-24(21-28(35)31(23)36)22-30(32(44)41-18-16-40(17-19-41)26-6-11-37-12-7-26)39-33(45)42-13-9-27(10-14-42)43-15-8-25-4-2-3-5-29(25)38-34(43)46/h2-7,11-12,20-21,27,30H,8-10,13-19,22,36H2,1H3,(H,38,46)(H,39,45)/t30-/m1/s1. The number of para-hydroxylation sites is 1. The van der Waals surface area contributed by atoms with Crippen LogP contribution in [0.3, 0.4) is 0 Å². The van der Waals surface area contributed by atoms with Gasteiger partial charge in [-0.1, -0.05) is 35.9 Å². The molecular formula is C34H41ClN8O3. The lowest BCUT2D eigenvalue weighted by molar-refractivity contribution is -0.133. The largest absolute Gasteiger partial charge is 0.397 e. The Balaban J connectivity index is 1.10. The maximum absolute atomic E-state index is 14.0. The molecule has 0 aliphatic carbocycles. The Morgan fingerprint density at radius 2 is 1.72 bits per heavy atom. The smallest absolute Gasteiger partial charge is 0.322 e. The number of amides is 5. The number of nitrogen functional groups attached to an aromatic ring is 1. The van der Waals surface area contributed by atoms with E-state index in [0.29, 0.717) is 75.8 Å². The van der Waals surface area contributed by atoms with Crippen LogP contribution in [-0.4, -0.2) is 95.6 Å². The number of pyridine rings is 1. The van der Waals surface area contributed by atoms with Crippen molar-refractivity contribution in [1.29, 1.82) is 0 Å². The van der Waals surface area contributed by atoms with E-state index >= 15 is 0 Å².